The van der Waals surface area contributed by atoms with Gasteiger partial charge in [-0.25, -0.2) is 0 Å². The number of carbonyl (C=O) groups is 1. The molecule has 3 aromatic rings. The third-order valence-corrected chi connectivity index (χ3v) is 2.93. The van der Waals surface area contributed by atoms with Gasteiger partial charge in [0.2, 0.25) is 0 Å². The molecule has 4 heteroatoms. The molecule has 0 spiro atoms. The predicted octanol–water partition coefficient (Wildman–Crippen LogP) is 2.14. The molecule has 0 radical (unpaired) electrons. The maximum Gasteiger partial charge on any atom is 0.251 e. The smallest absolute Gasteiger partial charge is 0.251 e. The van der Waals surface area contributed by atoms with Crippen molar-refractivity contribution >= 4 is 27.7 Å². The number of carbonyl (C=O) groups excluding carboxylic acids is 1. The van der Waals surface area contributed by atoms with Crippen LogP contribution in [0.2, 0.25) is 0 Å². The minimum absolute atomic E-state index is 0.112. The molecular weight excluding hydrogens is 226 g/mol. The van der Waals surface area contributed by atoms with Gasteiger partial charge >= 0.3 is 0 Å². The first-order chi connectivity index (χ1) is 8.81. The highest BCUT2D eigenvalue weighted by Gasteiger charge is 2.12. The summed E-state index contributed by atoms with van der Waals surface area (Å²) in [4.78, 5) is 20.6. The fourth-order valence-corrected chi connectivity index (χ4v) is 2.10. The molecule has 0 aliphatic heterocycles. The van der Waals surface area contributed by atoms with E-state index in [0.717, 1.165) is 21.8 Å². The Kier molecular flexibility index (Phi) is 2.41. The standard InChI is InChI=1S/C14H11N3O/c1-15-14(18)11-8-9-4-2-6-16-12(9)13-10(11)5-3-7-17-13/h2-8H,1H3,(H,15,18). The SMILES string of the molecule is CNC(=O)c1cc2cccnc2c2ncccc12. The third-order valence-electron chi connectivity index (χ3n) is 2.93. The van der Waals surface area contributed by atoms with Crippen LogP contribution in [0.3, 0.4) is 0 Å². The summed E-state index contributed by atoms with van der Waals surface area (Å²) in [6.45, 7) is 0. The van der Waals surface area contributed by atoms with E-state index in [1.807, 2.05) is 30.3 Å². The van der Waals surface area contributed by atoms with Crippen molar-refractivity contribution in [1.29, 1.82) is 0 Å². The van der Waals surface area contributed by atoms with Gasteiger partial charge in [-0.15, -0.1) is 0 Å². The summed E-state index contributed by atoms with van der Waals surface area (Å²) in [7, 11) is 1.62. The fourth-order valence-electron chi connectivity index (χ4n) is 2.10. The molecular formula is C14H11N3O. The molecule has 0 aliphatic carbocycles. The molecule has 3 rings (SSSR count). The van der Waals surface area contributed by atoms with Crippen LogP contribution >= 0.6 is 0 Å². The Balaban J connectivity index is 2.50. The van der Waals surface area contributed by atoms with E-state index in [2.05, 4.69) is 15.3 Å². The van der Waals surface area contributed by atoms with Gasteiger partial charge in [0.15, 0.2) is 0 Å². The largest absolute Gasteiger partial charge is 0.355 e. The van der Waals surface area contributed by atoms with E-state index < -0.39 is 0 Å². The number of aromatic nitrogens is 2. The monoisotopic (exact) mass is 237 g/mol. The van der Waals surface area contributed by atoms with Crippen LogP contribution in [-0.4, -0.2) is 22.9 Å². The third kappa shape index (κ3) is 1.50. The van der Waals surface area contributed by atoms with Crippen molar-refractivity contribution in [3.63, 3.8) is 0 Å². The number of hydrogen-bond donors (Lipinski definition) is 1. The number of nitrogens with one attached hydrogen (secondary N) is 1. The molecule has 0 aliphatic rings. The van der Waals surface area contributed by atoms with Gasteiger partial charge in [-0.3, -0.25) is 14.8 Å². The van der Waals surface area contributed by atoms with E-state index in [4.69, 9.17) is 0 Å². The van der Waals surface area contributed by atoms with Crippen LogP contribution < -0.4 is 5.32 Å². The van der Waals surface area contributed by atoms with Crippen molar-refractivity contribution in [2.24, 2.45) is 0 Å². The van der Waals surface area contributed by atoms with Gasteiger partial charge in [0.1, 0.15) is 0 Å². The molecule has 0 atom stereocenters. The van der Waals surface area contributed by atoms with Gasteiger partial charge in [-0.2, -0.15) is 0 Å². The van der Waals surface area contributed by atoms with Gasteiger partial charge in [-0.05, 0) is 18.2 Å². The molecule has 88 valence electrons. The van der Waals surface area contributed by atoms with Gasteiger partial charge in [0, 0.05) is 35.8 Å². The minimum atomic E-state index is -0.112. The summed E-state index contributed by atoms with van der Waals surface area (Å²) in [6, 6.07) is 9.35. The summed E-state index contributed by atoms with van der Waals surface area (Å²) in [6.07, 6.45) is 3.44. The molecule has 18 heavy (non-hydrogen) atoms. The normalized spacial score (nSPS) is 10.7. The molecule has 1 N–H and O–H groups in total. The lowest BCUT2D eigenvalue weighted by molar-refractivity contribution is 0.0965. The summed E-state index contributed by atoms with van der Waals surface area (Å²) in [5.74, 6) is -0.112. The second kappa shape index (κ2) is 4.07. The van der Waals surface area contributed by atoms with Crippen LogP contribution in [0.15, 0.2) is 42.7 Å². The van der Waals surface area contributed by atoms with Crippen molar-refractivity contribution in [3.8, 4) is 0 Å². The fraction of sp³-hybridized carbons (Fsp3) is 0.0714. The van der Waals surface area contributed by atoms with Crippen molar-refractivity contribution in [2.45, 2.75) is 0 Å². The molecule has 0 saturated carbocycles. The quantitative estimate of drug-likeness (QED) is 0.660. The number of amides is 1. The van der Waals surface area contributed by atoms with Gasteiger partial charge in [-0.1, -0.05) is 12.1 Å². The Bertz CT molecular complexity index is 752. The molecule has 0 fully saturated rings. The first kappa shape index (κ1) is 10.7. The summed E-state index contributed by atoms with van der Waals surface area (Å²) in [5.41, 5.74) is 2.20. The second-order valence-corrected chi connectivity index (χ2v) is 3.98. The average Bonchev–Trinajstić information content (AvgIpc) is 2.45. The number of fused-ring (bicyclic) bond motifs is 3. The first-order valence-electron chi connectivity index (χ1n) is 5.66. The van der Waals surface area contributed by atoms with Crippen LogP contribution in [-0.2, 0) is 0 Å². The number of rotatable bonds is 1. The van der Waals surface area contributed by atoms with Crippen LogP contribution in [0.1, 0.15) is 10.4 Å². The van der Waals surface area contributed by atoms with Gasteiger partial charge < -0.3 is 5.32 Å². The molecule has 1 amide bonds. The Morgan fingerprint density at radius 2 is 1.83 bits per heavy atom. The maximum absolute atomic E-state index is 11.9. The number of hydrogen-bond acceptors (Lipinski definition) is 3. The van der Waals surface area contributed by atoms with E-state index in [-0.39, 0.29) is 5.91 Å². The summed E-state index contributed by atoms with van der Waals surface area (Å²) >= 11 is 0. The Morgan fingerprint density at radius 3 is 2.61 bits per heavy atom. The Hall–Kier alpha value is -2.49. The van der Waals surface area contributed by atoms with Gasteiger partial charge in [0.05, 0.1) is 11.0 Å². The lowest BCUT2D eigenvalue weighted by atomic mass is 10.0. The lowest BCUT2D eigenvalue weighted by Crippen LogP contribution is -2.18. The van der Waals surface area contributed by atoms with E-state index in [1.54, 1.807) is 19.4 Å². The van der Waals surface area contributed by atoms with E-state index >= 15 is 0 Å². The maximum atomic E-state index is 11.9. The Labute approximate surface area is 104 Å². The van der Waals surface area contributed by atoms with Crippen LogP contribution in [0.5, 0.6) is 0 Å². The molecule has 0 unspecified atom stereocenters. The Morgan fingerprint density at radius 1 is 1.11 bits per heavy atom. The topological polar surface area (TPSA) is 54.9 Å². The molecule has 1 aromatic carbocycles. The van der Waals surface area contributed by atoms with E-state index in [1.165, 1.54) is 0 Å². The average molecular weight is 237 g/mol. The second-order valence-electron chi connectivity index (χ2n) is 3.98. The first-order valence-corrected chi connectivity index (χ1v) is 5.66. The highest BCUT2D eigenvalue weighted by molar-refractivity contribution is 6.14. The summed E-state index contributed by atoms with van der Waals surface area (Å²) < 4.78 is 0. The molecule has 2 aromatic heterocycles. The summed E-state index contributed by atoms with van der Waals surface area (Å²) in [5, 5.41) is 4.39. The van der Waals surface area contributed by atoms with Crippen molar-refractivity contribution in [3.05, 3.63) is 48.3 Å². The van der Waals surface area contributed by atoms with Gasteiger partial charge in [0.25, 0.3) is 5.91 Å². The minimum Gasteiger partial charge on any atom is -0.355 e. The van der Waals surface area contributed by atoms with Crippen molar-refractivity contribution in [1.82, 2.24) is 15.3 Å². The van der Waals surface area contributed by atoms with Crippen molar-refractivity contribution < 1.29 is 4.79 Å². The molecule has 0 saturated heterocycles. The van der Waals surface area contributed by atoms with E-state index in [9.17, 15) is 4.79 Å². The lowest BCUT2D eigenvalue weighted by Gasteiger charge is -2.07. The van der Waals surface area contributed by atoms with Crippen LogP contribution in [0, 0.1) is 0 Å². The molecule has 0 bridgehead atoms. The number of nitrogens with zero attached hydrogens (tertiary/aromatic N) is 2. The molecule has 2 heterocycles. The van der Waals surface area contributed by atoms with E-state index in [0.29, 0.717) is 5.56 Å². The predicted molar refractivity (Wildman–Crippen MR) is 70.4 cm³/mol. The van der Waals surface area contributed by atoms with Crippen LogP contribution in [0.25, 0.3) is 21.8 Å². The zero-order valence-electron chi connectivity index (χ0n) is 9.84. The molecule has 4 nitrogen and oxygen atoms in total. The highest BCUT2D eigenvalue weighted by Crippen LogP contribution is 2.25. The zero-order valence-corrected chi connectivity index (χ0v) is 9.84. The highest BCUT2D eigenvalue weighted by atomic mass is 16.1. The zero-order chi connectivity index (χ0) is 12.5. The van der Waals surface area contributed by atoms with Crippen molar-refractivity contribution in [2.75, 3.05) is 7.05 Å². The number of benzene rings is 1. The number of pyridine rings is 2. The van der Waals surface area contributed by atoms with Crippen LogP contribution in [0.4, 0.5) is 0 Å².